The molecule has 1 aliphatic rings. The summed E-state index contributed by atoms with van der Waals surface area (Å²) in [6.07, 6.45) is 6.17. The van der Waals surface area contributed by atoms with E-state index in [4.69, 9.17) is 0 Å². The van der Waals surface area contributed by atoms with Crippen LogP contribution in [0.15, 0.2) is 0 Å². The highest BCUT2D eigenvalue weighted by Crippen LogP contribution is 2.33. The van der Waals surface area contributed by atoms with Crippen LogP contribution in [0.25, 0.3) is 0 Å². The normalized spacial score (nSPS) is 23.6. The molecule has 96 valence electrons. The molecule has 1 rings (SSSR count). The first-order valence-corrected chi connectivity index (χ1v) is 6.87. The first kappa shape index (κ1) is 14.0. The van der Waals surface area contributed by atoms with Crippen LogP contribution in [0.1, 0.15) is 59.8 Å². The highest BCUT2D eigenvalue weighted by atomic mass is 16.3. The first-order valence-electron chi connectivity index (χ1n) is 6.87. The van der Waals surface area contributed by atoms with E-state index in [0.29, 0.717) is 12.0 Å². The summed E-state index contributed by atoms with van der Waals surface area (Å²) in [6.45, 7) is 9.44. The molecule has 0 radical (unpaired) electrons. The van der Waals surface area contributed by atoms with Crippen molar-refractivity contribution in [1.29, 1.82) is 0 Å². The third-order valence-corrected chi connectivity index (χ3v) is 3.87. The van der Waals surface area contributed by atoms with Gasteiger partial charge < -0.3 is 10.4 Å². The number of rotatable bonds is 6. The summed E-state index contributed by atoms with van der Waals surface area (Å²) in [5.74, 6) is 1.23. The fourth-order valence-electron chi connectivity index (χ4n) is 2.86. The Labute approximate surface area is 101 Å². The zero-order valence-electron chi connectivity index (χ0n) is 11.4. The Morgan fingerprint density at radius 2 is 1.81 bits per heavy atom. The Balaban J connectivity index is 2.29. The molecule has 0 amide bonds. The topological polar surface area (TPSA) is 32.3 Å². The molecule has 2 N–H and O–H groups in total. The molecule has 0 aromatic carbocycles. The van der Waals surface area contributed by atoms with E-state index < -0.39 is 5.60 Å². The number of aliphatic hydroxyl groups is 1. The zero-order chi connectivity index (χ0) is 12.2. The average Bonchev–Trinajstić information content (AvgIpc) is 2.67. The lowest BCUT2D eigenvalue weighted by molar-refractivity contribution is 0.0000945. The van der Waals surface area contributed by atoms with E-state index in [1.165, 1.54) is 32.1 Å². The summed E-state index contributed by atoms with van der Waals surface area (Å²) in [5, 5.41) is 13.9. The quantitative estimate of drug-likeness (QED) is 0.731. The minimum atomic E-state index is -0.512. The van der Waals surface area contributed by atoms with Crippen LogP contribution in [0.5, 0.6) is 0 Å². The second kappa shape index (κ2) is 6.02. The van der Waals surface area contributed by atoms with Crippen molar-refractivity contribution in [3.8, 4) is 0 Å². The van der Waals surface area contributed by atoms with Gasteiger partial charge in [0.15, 0.2) is 0 Å². The summed E-state index contributed by atoms with van der Waals surface area (Å²) >= 11 is 0. The third kappa shape index (κ3) is 4.42. The van der Waals surface area contributed by atoms with E-state index in [-0.39, 0.29) is 0 Å². The van der Waals surface area contributed by atoms with Gasteiger partial charge in [-0.15, -0.1) is 0 Å². The van der Waals surface area contributed by atoms with Crippen molar-refractivity contribution in [2.45, 2.75) is 71.4 Å². The molecule has 2 nitrogen and oxygen atoms in total. The van der Waals surface area contributed by atoms with Crippen LogP contribution in [-0.4, -0.2) is 23.3 Å². The molecule has 0 heterocycles. The molecule has 1 saturated carbocycles. The summed E-state index contributed by atoms with van der Waals surface area (Å²) in [4.78, 5) is 0. The van der Waals surface area contributed by atoms with Crippen LogP contribution < -0.4 is 5.32 Å². The van der Waals surface area contributed by atoms with Gasteiger partial charge in [-0.2, -0.15) is 0 Å². The highest BCUT2D eigenvalue weighted by Gasteiger charge is 2.33. The Hall–Kier alpha value is -0.0800. The molecule has 0 aliphatic heterocycles. The fraction of sp³-hybridized carbons (Fsp3) is 1.00. The van der Waals surface area contributed by atoms with Crippen molar-refractivity contribution < 1.29 is 5.11 Å². The molecule has 0 spiro atoms. The van der Waals surface area contributed by atoms with Gasteiger partial charge in [0.25, 0.3) is 0 Å². The summed E-state index contributed by atoms with van der Waals surface area (Å²) in [7, 11) is 0. The van der Waals surface area contributed by atoms with Crippen LogP contribution >= 0.6 is 0 Å². The minimum absolute atomic E-state index is 0.506. The van der Waals surface area contributed by atoms with Gasteiger partial charge in [-0.3, -0.25) is 0 Å². The van der Waals surface area contributed by atoms with Gasteiger partial charge in [0.05, 0.1) is 5.60 Å². The predicted octanol–water partition coefficient (Wildman–Crippen LogP) is 2.95. The van der Waals surface area contributed by atoms with E-state index in [1.54, 1.807) is 0 Å². The Kier molecular flexibility index (Phi) is 5.26. The van der Waals surface area contributed by atoms with Crippen molar-refractivity contribution in [1.82, 2.24) is 5.32 Å². The second-order valence-corrected chi connectivity index (χ2v) is 6.25. The predicted molar refractivity (Wildman–Crippen MR) is 69.5 cm³/mol. The fourth-order valence-corrected chi connectivity index (χ4v) is 2.86. The molecular formula is C14H29NO. The Bertz CT molecular complexity index is 195. The van der Waals surface area contributed by atoms with E-state index in [2.05, 4.69) is 26.1 Å². The molecule has 2 unspecified atom stereocenters. The number of hydrogen-bond acceptors (Lipinski definition) is 2. The van der Waals surface area contributed by atoms with Gasteiger partial charge in [0, 0.05) is 12.6 Å². The van der Waals surface area contributed by atoms with Crippen LogP contribution in [0, 0.1) is 11.8 Å². The lowest BCUT2D eigenvalue weighted by Gasteiger charge is -2.32. The molecule has 0 bridgehead atoms. The molecule has 0 aromatic heterocycles. The van der Waals surface area contributed by atoms with E-state index in [9.17, 15) is 5.11 Å². The lowest BCUT2D eigenvalue weighted by Crippen LogP contribution is -2.46. The average molecular weight is 227 g/mol. The van der Waals surface area contributed by atoms with Crippen molar-refractivity contribution in [3.05, 3.63) is 0 Å². The van der Waals surface area contributed by atoms with Gasteiger partial charge >= 0.3 is 0 Å². The van der Waals surface area contributed by atoms with E-state index >= 15 is 0 Å². The third-order valence-electron chi connectivity index (χ3n) is 3.87. The molecular weight excluding hydrogens is 198 g/mol. The van der Waals surface area contributed by atoms with Crippen LogP contribution in [0.2, 0.25) is 0 Å². The van der Waals surface area contributed by atoms with Gasteiger partial charge in [0.1, 0.15) is 0 Å². The van der Waals surface area contributed by atoms with Crippen molar-refractivity contribution >= 4 is 0 Å². The molecule has 0 saturated heterocycles. The second-order valence-electron chi connectivity index (χ2n) is 6.25. The van der Waals surface area contributed by atoms with Crippen molar-refractivity contribution in [2.75, 3.05) is 6.54 Å². The minimum Gasteiger partial charge on any atom is -0.389 e. The summed E-state index contributed by atoms with van der Waals surface area (Å²) in [5.41, 5.74) is -0.512. The number of nitrogens with one attached hydrogen (secondary N) is 1. The summed E-state index contributed by atoms with van der Waals surface area (Å²) < 4.78 is 0. The smallest absolute Gasteiger partial charge is 0.0771 e. The summed E-state index contributed by atoms with van der Waals surface area (Å²) in [6, 6.07) is 0.507. The van der Waals surface area contributed by atoms with Gasteiger partial charge in [0.2, 0.25) is 0 Å². The highest BCUT2D eigenvalue weighted by molar-refractivity contribution is 4.88. The molecule has 2 heteroatoms. The van der Waals surface area contributed by atoms with E-state index in [0.717, 1.165) is 12.5 Å². The van der Waals surface area contributed by atoms with E-state index in [1.807, 2.05) is 6.92 Å². The SMILES string of the molecule is CC(C)CC(C)NCC(C)(O)C1CCCC1. The van der Waals surface area contributed by atoms with Crippen LogP contribution in [0.3, 0.4) is 0 Å². The Morgan fingerprint density at radius 1 is 1.25 bits per heavy atom. The van der Waals surface area contributed by atoms with Gasteiger partial charge in [-0.1, -0.05) is 26.7 Å². The Morgan fingerprint density at radius 3 is 2.31 bits per heavy atom. The zero-order valence-corrected chi connectivity index (χ0v) is 11.4. The van der Waals surface area contributed by atoms with Crippen molar-refractivity contribution in [3.63, 3.8) is 0 Å². The molecule has 1 fully saturated rings. The number of hydrogen-bond donors (Lipinski definition) is 2. The maximum atomic E-state index is 10.4. The first-order chi connectivity index (χ1) is 7.42. The van der Waals surface area contributed by atoms with Crippen LogP contribution in [-0.2, 0) is 0 Å². The van der Waals surface area contributed by atoms with Gasteiger partial charge in [-0.25, -0.2) is 0 Å². The molecule has 0 aromatic rings. The molecule has 16 heavy (non-hydrogen) atoms. The largest absolute Gasteiger partial charge is 0.389 e. The molecule has 1 aliphatic carbocycles. The monoisotopic (exact) mass is 227 g/mol. The standard InChI is InChI=1S/C14H29NO/c1-11(2)9-12(3)15-10-14(4,16)13-7-5-6-8-13/h11-13,15-16H,5-10H2,1-4H3. The maximum absolute atomic E-state index is 10.4. The van der Waals surface area contributed by atoms with Gasteiger partial charge in [-0.05, 0) is 44.9 Å². The van der Waals surface area contributed by atoms with Crippen molar-refractivity contribution in [2.24, 2.45) is 11.8 Å². The van der Waals surface area contributed by atoms with Crippen LogP contribution in [0.4, 0.5) is 0 Å². The maximum Gasteiger partial charge on any atom is 0.0771 e. The molecule has 2 atom stereocenters. The lowest BCUT2D eigenvalue weighted by atomic mass is 9.87.